The zero-order valence-corrected chi connectivity index (χ0v) is 11.1. The van der Waals surface area contributed by atoms with Crippen molar-refractivity contribution in [1.82, 2.24) is 10.2 Å². The van der Waals surface area contributed by atoms with Gasteiger partial charge in [0.1, 0.15) is 6.61 Å². The van der Waals surface area contributed by atoms with Crippen molar-refractivity contribution in [2.75, 3.05) is 0 Å². The van der Waals surface area contributed by atoms with Gasteiger partial charge in [0, 0.05) is 0 Å². The molecule has 0 radical (unpaired) electrons. The van der Waals surface area contributed by atoms with Crippen LogP contribution in [0.5, 0.6) is 5.88 Å². The first-order chi connectivity index (χ1) is 9.74. The van der Waals surface area contributed by atoms with E-state index in [0.717, 1.165) is 10.9 Å². The topological polar surface area (TPSA) is 55.0 Å². The molecular weight excluding hydrogens is 252 g/mol. The number of hydrogen-bond donors (Lipinski definition) is 1. The minimum absolute atomic E-state index is 0.205. The summed E-state index contributed by atoms with van der Waals surface area (Å²) >= 11 is 0. The Morgan fingerprint density at radius 2 is 1.75 bits per heavy atom. The lowest BCUT2D eigenvalue weighted by Crippen LogP contribution is -2.10. The molecule has 100 valence electrons. The van der Waals surface area contributed by atoms with E-state index in [1.54, 1.807) is 6.07 Å². The van der Waals surface area contributed by atoms with Crippen molar-refractivity contribution < 1.29 is 4.74 Å². The van der Waals surface area contributed by atoms with Gasteiger partial charge in [0.25, 0.3) is 5.56 Å². The van der Waals surface area contributed by atoms with Crippen LogP contribution in [-0.2, 0) is 6.61 Å². The van der Waals surface area contributed by atoms with Gasteiger partial charge in [0.2, 0.25) is 5.88 Å². The van der Waals surface area contributed by atoms with Crippen LogP contribution in [0, 0.1) is 6.92 Å². The van der Waals surface area contributed by atoms with Crippen molar-refractivity contribution in [3.63, 3.8) is 0 Å². The van der Waals surface area contributed by atoms with Gasteiger partial charge in [0.05, 0.1) is 10.8 Å². The summed E-state index contributed by atoms with van der Waals surface area (Å²) in [5.74, 6) is 0.445. The summed E-state index contributed by atoms with van der Waals surface area (Å²) in [5, 5.41) is 7.75. The van der Waals surface area contributed by atoms with Crippen molar-refractivity contribution in [3.8, 4) is 5.88 Å². The molecule has 1 aromatic heterocycles. The van der Waals surface area contributed by atoms with Gasteiger partial charge < -0.3 is 4.74 Å². The average molecular weight is 266 g/mol. The molecule has 4 heteroatoms. The van der Waals surface area contributed by atoms with Crippen LogP contribution in [0.15, 0.2) is 53.3 Å². The van der Waals surface area contributed by atoms with E-state index in [4.69, 9.17) is 4.74 Å². The Bertz CT molecular complexity index is 791. The molecular formula is C16H14N2O2. The van der Waals surface area contributed by atoms with Crippen LogP contribution < -0.4 is 10.3 Å². The standard InChI is InChI=1S/C16H14N2O2/c1-11-6-8-12(9-7-11)10-20-16-14-5-3-2-4-13(14)15(19)17-18-16/h2-9H,10H2,1H3,(H,17,19). The molecule has 0 unspecified atom stereocenters. The molecule has 20 heavy (non-hydrogen) atoms. The van der Waals surface area contributed by atoms with E-state index in [0.29, 0.717) is 17.9 Å². The van der Waals surface area contributed by atoms with Gasteiger partial charge in [0.15, 0.2) is 0 Å². The van der Waals surface area contributed by atoms with E-state index in [2.05, 4.69) is 10.2 Å². The first-order valence-electron chi connectivity index (χ1n) is 6.40. The zero-order chi connectivity index (χ0) is 13.9. The molecule has 0 fully saturated rings. The summed E-state index contributed by atoms with van der Waals surface area (Å²) in [6.07, 6.45) is 0. The Morgan fingerprint density at radius 3 is 2.50 bits per heavy atom. The Hall–Kier alpha value is -2.62. The highest BCUT2D eigenvalue weighted by Gasteiger charge is 2.06. The van der Waals surface area contributed by atoms with Crippen LogP contribution in [0.1, 0.15) is 11.1 Å². The minimum Gasteiger partial charge on any atom is -0.471 e. The highest BCUT2D eigenvalue weighted by Crippen LogP contribution is 2.20. The third-order valence-electron chi connectivity index (χ3n) is 3.16. The lowest BCUT2D eigenvalue weighted by Gasteiger charge is -2.07. The van der Waals surface area contributed by atoms with Gasteiger partial charge in [-0.25, -0.2) is 5.10 Å². The third kappa shape index (κ3) is 2.40. The number of fused-ring (bicyclic) bond motifs is 1. The predicted molar refractivity (Wildman–Crippen MR) is 77.9 cm³/mol. The van der Waals surface area contributed by atoms with E-state index in [-0.39, 0.29) is 5.56 Å². The van der Waals surface area contributed by atoms with Crippen LogP contribution in [0.4, 0.5) is 0 Å². The van der Waals surface area contributed by atoms with Crippen molar-refractivity contribution in [2.45, 2.75) is 13.5 Å². The smallest absolute Gasteiger partial charge is 0.272 e. The fourth-order valence-electron chi connectivity index (χ4n) is 2.04. The van der Waals surface area contributed by atoms with Crippen molar-refractivity contribution in [1.29, 1.82) is 0 Å². The van der Waals surface area contributed by atoms with E-state index < -0.39 is 0 Å². The molecule has 1 N–H and O–H groups in total. The first-order valence-corrected chi connectivity index (χ1v) is 6.40. The van der Waals surface area contributed by atoms with Crippen LogP contribution in [-0.4, -0.2) is 10.2 Å². The van der Waals surface area contributed by atoms with Gasteiger partial charge in [-0.05, 0) is 24.6 Å². The normalized spacial score (nSPS) is 10.7. The largest absolute Gasteiger partial charge is 0.471 e. The Balaban J connectivity index is 1.90. The molecule has 0 amide bonds. The number of aryl methyl sites for hydroxylation is 1. The second kappa shape index (κ2) is 5.17. The fourth-order valence-corrected chi connectivity index (χ4v) is 2.04. The van der Waals surface area contributed by atoms with Crippen molar-refractivity contribution >= 4 is 10.8 Å². The molecule has 3 rings (SSSR count). The van der Waals surface area contributed by atoms with Gasteiger partial charge in [-0.3, -0.25) is 4.79 Å². The number of aromatic amines is 1. The monoisotopic (exact) mass is 266 g/mol. The highest BCUT2D eigenvalue weighted by atomic mass is 16.5. The van der Waals surface area contributed by atoms with Crippen LogP contribution >= 0.6 is 0 Å². The quantitative estimate of drug-likeness (QED) is 0.793. The number of H-pyrrole nitrogens is 1. The Morgan fingerprint density at radius 1 is 1.05 bits per heavy atom. The number of ether oxygens (including phenoxy) is 1. The first kappa shape index (κ1) is 12.4. The SMILES string of the molecule is Cc1ccc(COc2n[nH]c(=O)c3ccccc23)cc1. The third-order valence-corrected chi connectivity index (χ3v) is 3.16. The van der Waals surface area contributed by atoms with E-state index in [1.807, 2.05) is 49.4 Å². The minimum atomic E-state index is -0.205. The second-order valence-electron chi connectivity index (χ2n) is 4.68. The summed E-state index contributed by atoms with van der Waals surface area (Å²) in [6.45, 7) is 2.46. The van der Waals surface area contributed by atoms with Crippen molar-refractivity contribution in [3.05, 3.63) is 70.0 Å². The molecule has 0 aliphatic heterocycles. The van der Waals surface area contributed by atoms with Gasteiger partial charge in [-0.1, -0.05) is 42.0 Å². The van der Waals surface area contributed by atoms with E-state index in [9.17, 15) is 4.79 Å². The summed E-state index contributed by atoms with van der Waals surface area (Å²) in [6, 6.07) is 15.4. The number of hydrogen-bond acceptors (Lipinski definition) is 3. The number of aromatic nitrogens is 2. The molecule has 0 atom stereocenters. The summed E-state index contributed by atoms with van der Waals surface area (Å²) in [7, 11) is 0. The van der Waals surface area contributed by atoms with E-state index in [1.165, 1.54) is 5.56 Å². The molecule has 0 spiro atoms. The maximum Gasteiger partial charge on any atom is 0.272 e. The lowest BCUT2D eigenvalue weighted by atomic mass is 10.2. The number of rotatable bonds is 3. The van der Waals surface area contributed by atoms with Gasteiger partial charge in [-0.15, -0.1) is 5.10 Å². The Kier molecular flexibility index (Phi) is 3.21. The fraction of sp³-hybridized carbons (Fsp3) is 0.125. The number of nitrogens with one attached hydrogen (secondary N) is 1. The summed E-state index contributed by atoms with van der Waals surface area (Å²) in [4.78, 5) is 11.7. The molecule has 1 heterocycles. The van der Waals surface area contributed by atoms with Crippen LogP contribution in [0.2, 0.25) is 0 Å². The highest BCUT2D eigenvalue weighted by molar-refractivity contribution is 5.85. The molecule has 4 nitrogen and oxygen atoms in total. The average Bonchev–Trinajstić information content (AvgIpc) is 2.49. The maximum absolute atomic E-state index is 11.7. The second-order valence-corrected chi connectivity index (χ2v) is 4.68. The van der Waals surface area contributed by atoms with Crippen LogP contribution in [0.25, 0.3) is 10.8 Å². The van der Waals surface area contributed by atoms with Gasteiger partial charge in [-0.2, -0.15) is 0 Å². The lowest BCUT2D eigenvalue weighted by molar-refractivity contribution is 0.294. The van der Waals surface area contributed by atoms with Crippen molar-refractivity contribution in [2.24, 2.45) is 0 Å². The molecule has 0 bridgehead atoms. The van der Waals surface area contributed by atoms with E-state index >= 15 is 0 Å². The molecule has 0 aliphatic rings. The van der Waals surface area contributed by atoms with Crippen LogP contribution in [0.3, 0.4) is 0 Å². The number of nitrogens with zero attached hydrogens (tertiary/aromatic N) is 1. The zero-order valence-electron chi connectivity index (χ0n) is 11.1. The predicted octanol–water partition coefficient (Wildman–Crippen LogP) is 2.81. The molecule has 3 aromatic rings. The number of benzene rings is 2. The summed E-state index contributed by atoms with van der Waals surface area (Å²) < 4.78 is 5.72. The maximum atomic E-state index is 11.7. The molecule has 0 saturated carbocycles. The molecule has 0 aliphatic carbocycles. The Labute approximate surface area is 116 Å². The molecule has 2 aromatic carbocycles. The summed E-state index contributed by atoms with van der Waals surface area (Å²) in [5.41, 5.74) is 2.07. The van der Waals surface area contributed by atoms with Gasteiger partial charge >= 0.3 is 0 Å². The molecule has 0 saturated heterocycles.